The van der Waals surface area contributed by atoms with Crippen LogP contribution in [0, 0.1) is 0 Å². The number of rotatable bonds is 8. The van der Waals surface area contributed by atoms with Crippen LogP contribution in [0.25, 0.3) is 22.2 Å². The highest BCUT2D eigenvalue weighted by molar-refractivity contribution is 6.00. The van der Waals surface area contributed by atoms with E-state index in [1.165, 1.54) is 6.33 Å². The third-order valence-electron chi connectivity index (χ3n) is 6.99. The Balaban J connectivity index is 1.36. The van der Waals surface area contributed by atoms with Crippen LogP contribution < -0.4 is 21.1 Å². The number of benzene rings is 2. The molecule has 1 saturated carbocycles. The van der Waals surface area contributed by atoms with Crippen molar-refractivity contribution in [2.24, 2.45) is 0 Å². The fourth-order valence-corrected chi connectivity index (χ4v) is 5.07. The molecule has 8 heteroatoms. The average Bonchev–Trinajstić information content (AvgIpc) is 3.33. The van der Waals surface area contributed by atoms with Gasteiger partial charge in [-0.15, -0.1) is 0 Å². The zero-order valence-corrected chi connectivity index (χ0v) is 21.2. The van der Waals surface area contributed by atoms with Crippen molar-refractivity contribution in [1.29, 1.82) is 0 Å². The molecule has 0 atom stereocenters. The summed E-state index contributed by atoms with van der Waals surface area (Å²) < 4.78 is 8.32. The number of hydrogen-bond acceptors (Lipinski definition) is 5. The molecule has 1 aliphatic rings. The van der Waals surface area contributed by atoms with Crippen molar-refractivity contribution >= 4 is 22.9 Å². The van der Waals surface area contributed by atoms with E-state index in [1.807, 2.05) is 43.3 Å². The molecule has 0 spiro atoms. The minimum atomic E-state index is -0.0751. The average molecular weight is 499 g/mol. The van der Waals surface area contributed by atoms with Gasteiger partial charge in [0.25, 0.3) is 0 Å². The lowest BCUT2D eigenvalue weighted by Crippen LogP contribution is -2.43. The van der Waals surface area contributed by atoms with E-state index in [4.69, 9.17) is 10.5 Å². The summed E-state index contributed by atoms with van der Waals surface area (Å²) in [6, 6.07) is 18.6. The topological polar surface area (TPSA) is 107 Å². The van der Waals surface area contributed by atoms with E-state index in [9.17, 15) is 4.79 Å². The lowest BCUT2D eigenvalue weighted by Gasteiger charge is -2.30. The summed E-state index contributed by atoms with van der Waals surface area (Å²) >= 11 is 0. The molecule has 4 N–H and O–H groups in total. The molecule has 37 heavy (non-hydrogen) atoms. The van der Waals surface area contributed by atoms with Crippen LogP contribution in [0.5, 0.6) is 5.75 Å². The van der Waals surface area contributed by atoms with Gasteiger partial charge in [-0.3, -0.25) is 0 Å². The number of nitrogens with two attached hydrogens (primary N) is 1. The van der Waals surface area contributed by atoms with Crippen molar-refractivity contribution in [3.8, 4) is 16.9 Å². The van der Waals surface area contributed by atoms with Gasteiger partial charge in [0.05, 0.1) is 5.39 Å². The molecule has 0 unspecified atom stereocenters. The van der Waals surface area contributed by atoms with E-state index in [-0.39, 0.29) is 18.1 Å². The number of amides is 2. The van der Waals surface area contributed by atoms with Crippen molar-refractivity contribution in [1.82, 2.24) is 25.2 Å². The fraction of sp³-hybridized carbons (Fsp3) is 0.345. The highest BCUT2D eigenvalue weighted by atomic mass is 16.5. The van der Waals surface area contributed by atoms with Gasteiger partial charge in [0.2, 0.25) is 0 Å². The number of nitrogen functional groups attached to an aromatic ring is 1. The molecule has 0 aliphatic heterocycles. The molecule has 0 radical (unpaired) electrons. The second kappa shape index (κ2) is 11.3. The van der Waals surface area contributed by atoms with Crippen LogP contribution in [0.2, 0.25) is 0 Å². The van der Waals surface area contributed by atoms with Crippen LogP contribution in [-0.2, 0) is 6.61 Å². The predicted molar refractivity (Wildman–Crippen MR) is 146 cm³/mol. The third-order valence-corrected chi connectivity index (χ3v) is 6.99. The number of anilines is 1. The molecule has 2 aromatic heterocycles. The van der Waals surface area contributed by atoms with Crippen LogP contribution in [-0.4, -0.2) is 33.2 Å². The Bertz CT molecular complexity index is 1350. The van der Waals surface area contributed by atoms with E-state index in [1.54, 1.807) is 0 Å². The number of hydrogen-bond donors (Lipinski definition) is 3. The lowest BCUT2D eigenvalue weighted by molar-refractivity contribution is 0.227. The Morgan fingerprint density at radius 3 is 2.68 bits per heavy atom. The largest absolute Gasteiger partial charge is 0.489 e. The Morgan fingerprint density at radius 1 is 1.08 bits per heavy atom. The van der Waals surface area contributed by atoms with Crippen molar-refractivity contribution < 1.29 is 9.53 Å². The van der Waals surface area contributed by atoms with Crippen LogP contribution in [0.15, 0.2) is 67.1 Å². The van der Waals surface area contributed by atoms with E-state index in [2.05, 4.69) is 49.6 Å². The molecule has 2 aromatic carbocycles. The summed E-state index contributed by atoms with van der Waals surface area (Å²) in [6.07, 6.45) is 8.35. The molecule has 8 nitrogen and oxygen atoms in total. The van der Waals surface area contributed by atoms with Gasteiger partial charge in [-0.25, -0.2) is 14.8 Å². The van der Waals surface area contributed by atoms with E-state index < -0.39 is 0 Å². The highest BCUT2D eigenvalue weighted by Gasteiger charge is 2.26. The number of nitrogens with one attached hydrogen (secondary N) is 2. The van der Waals surface area contributed by atoms with E-state index >= 15 is 0 Å². The summed E-state index contributed by atoms with van der Waals surface area (Å²) in [5.41, 5.74) is 10.4. The highest BCUT2D eigenvalue weighted by Crippen LogP contribution is 2.38. The summed E-state index contributed by atoms with van der Waals surface area (Å²) in [5, 5.41) is 6.88. The zero-order valence-electron chi connectivity index (χ0n) is 21.2. The molecule has 1 aliphatic carbocycles. The molecular formula is C29H34N6O2. The van der Waals surface area contributed by atoms with Crippen molar-refractivity contribution in [2.75, 3.05) is 12.3 Å². The Labute approximate surface area is 217 Å². The summed E-state index contributed by atoms with van der Waals surface area (Å²) in [4.78, 5) is 21.0. The lowest BCUT2D eigenvalue weighted by atomic mass is 9.91. The standard InChI is InChI=1S/C29H34N6O2/c1-2-15-31-29(36)34-22-11-13-23(14-12-22)35-17-25(26-27(30)32-19-33-28(26)35)21-9-6-10-24(16-21)37-18-20-7-4-3-5-8-20/h3-10,16-17,19,22-23H,2,11-15,18H2,1H3,(H2,30,32,33)(H2,31,34,36)/t22-,23+. The maximum atomic E-state index is 12.1. The van der Waals surface area contributed by atoms with Crippen LogP contribution >= 0.6 is 0 Å². The van der Waals surface area contributed by atoms with Crippen LogP contribution in [0.3, 0.4) is 0 Å². The molecule has 0 saturated heterocycles. The number of ether oxygens (including phenoxy) is 1. The van der Waals surface area contributed by atoms with E-state index in [0.29, 0.717) is 19.0 Å². The number of aromatic nitrogens is 3. The van der Waals surface area contributed by atoms with Gasteiger partial charge in [0.15, 0.2) is 0 Å². The maximum absolute atomic E-state index is 12.1. The maximum Gasteiger partial charge on any atom is 0.315 e. The number of carbonyl (C=O) groups is 1. The fourth-order valence-electron chi connectivity index (χ4n) is 5.07. The SMILES string of the molecule is CCCNC(=O)N[C@H]1CC[C@@H](n2cc(-c3cccc(OCc4ccccc4)c3)c3c(N)ncnc32)CC1. The molecule has 2 heterocycles. The molecule has 4 aromatic rings. The van der Waals surface area contributed by atoms with Crippen molar-refractivity contribution in [3.05, 3.63) is 72.7 Å². The molecular weight excluding hydrogens is 464 g/mol. The molecule has 2 amide bonds. The number of fused-ring (bicyclic) bond motifs is 1. The van der Waals surface area contributed by atoms with E-state index in [0.717, 1.165) is 65.6 Å². The first kappa shape index (κ1) is 24.6. The Hall–Kier alpha value is -4.07. The first-order valence-electron chi connectivity index (χ1n) is 13.0. The Kier molecular flexibility index (Phi) is 7.54. The molecule has 0 bridgehead atoms. The number of urea groups is 1. The normalized spacial score (nSPS) is 17.4. The van der Waals surface area contributed by atoms with Gasteiger partial charge < -0.3 is 25.7 Å². The van der Waals surface area contributed by atoms with Gasteiger partial charge in [-0.05, 0) is 55.4 Å². The van der Waals surface area contributed by atoms with Gasteiger partial charge >= 0.3 is 6.03 Å². The smallest absolute Gasteiger partial charge is 0.315 e. The summed E-state index contributed by atoms with van der Waals surface area (Å²) in [7, 11) is 0. The Morgan fingerprint density at radius 2 is 1.89 bits per heavy atom. The van der Waals surface area contributed by atoms with Crippen LogP contribution in [0.4, 0.5) is 10.6 Å². The molecule has 5 rings (SSSR count). The first-order valence-corrected chi connectivity index (χ1v) is 13.0. The van der Waals surface area contributed by atoms with Gasteiger partial charge in [-0.1, -0.05) is 49.4 Å². The van der Waals surface area contributed by atoms with Gasteiger partial charge in [0.1, 0.15) is 30.1 Å². The summed E-state index contributed by atoms with van der Waals surface area (Å²) in [6.45, 7) is 3.25. The monoisotopic (exact) mass is 498 g/mol. The van der Waals surface area contributed by atoms with Crippen molar-refractivity contribution in [2.45, 2.75) is 57.7 Å². The quantitative estimate of drug-likeness (QED) is 0.299. The first-order chi connectivity index (χ1) is 18.1. The predicted octanol–water partition coefficient (Wildman–Crippen LogP) is 5.45. The second-order valence-electron chi connectivity index (χ2n) is 9.62. The second-order valence-corrected chi connectivity index (χ2v) is 9.62. The van der Waals surface area contributed by atoms with Gasteiger partial charge in [-0.2, -0.15) is 0 Å². The third kappa shape index (κ3) is 5.69. The number of carbonyl (C=O) groups excluding carboxylic acids is 1. The van der Waals surface area contributed by atoms with Crippen LogP contribution in [0.1, 0.15) is 50.6 Å². The summed E-state index contributed by atoms with van der Waals surface area (Å²) in [5.74, 6) is 1.27. The minimum absolute atomic E-state index is 0.0751. The zero-order chi connectivity index (χ0) is 25.6. The molecule has 192 valence electrons. The van der Waals surface area contributed by atoms with Crippen molar-refractivity contribution in [3.63, 3.8) is 0 Å². The molecule has 1 fully saturated rings. The van der Waals surface area contributed by atoms with Gasteiger partial charge in [0, 0.05) is 30.4 Å². The number of nitrogens with zero attached hydrogens (tertiary/aromatic N) is 3. The minimum Gasteiger partial charge on any atom is -0.489 e.